The van der Waals surface area contributed by atoms with E-state index in [4.69, 9.17) is 46.4 Å². The van der Waals surface area contributed by atoms with Crippen LogP contribution in [-0.4, -0.2) is 50.8 Å². The summed E-state index contributed by atoms with van der Waals surface area (Å²) in [5.41, 5.74) is 2.79. The lowest BCUT2D eigenvalue weighted by Crippen LogP contribution is -2.46. The molecule has 0 N–H and O–H groups in total. The first-order valence-corrected chi connectivity index (χ1v) is 12.0. The van der Waals surface area contributed by atoms with E-state index >= 15 is 0 Å². The second-order valence-corrected chi connectivity index (χ2v) is 9.66. The van der Waals surface area contributed by atoms with Gasteiger partial charge in [-0.3, -0.25) is 4.90 Å². The molecule has 3 heterocycles. The third kappa shape index (κ3) is 4.91. The minimum absolute atomic E-state index is 0.506. The smallest absolute Gasteiger partial charge is 0.163 e. The first-order chi connectivity index (χ1) is 16.0. The molecule has 1 aliphatic heterocycles. The molecule has 1 saturated heterocycles. The van der Waals surface area contributed by atoms with Gasteiger partial charge in [-0.25, -0.2) is 14.6 Å². The maximum Gasteiger partial charge on any atom is 0.163 e. The van der Waals surface area contributed by atoms with Crippen LogP contribution in [0.15, 0.2) is 48.9 Å². The highest BCUT2D eigenvalue weighted by Gasteiger charge is 2.22. The maximum atomic E-state index is 6.35. The number of fused-ring (bicyclic) bond motifs is 1. The fraction of sp³-hybridized carbons (Fsp3) is 0.261. The molecule has 10 heteroatoms. The molecule has 1 aliphatic rings. The van der Waals surface area contributed by atoms with Gasteiger partial charge in [0.1, 0.15) is 12.1 Å². The van der Waals surface area contributed by atoms with E-state index in [0.29, 0.717) is 26.6 Å². The Hall–Kier alpha value is -2.09. The lowest BCUT2D eigenvalue weighted by atomic mass is 10.2. The predicted molar refractivity (Wildman–Crippen MR) is 135 cm³/mol. The Morgan fingerprint density at radius 1 is 0.758 bits per heavy atom. The Balaban J connectivity index is 1.30. The molecular formula is C23H20Cl4N6. The van der Waals surface area contributed by atoms with Crippen LogP contribution >= 0.6 is 46.4 Å². The topological polar surface area (TPSA) is 50.1 Å². The van der Waals surface area contributed by atoms with Crippen LogP contribution in [0, 0.1) is 0 Å². The molecule has 0 unspecified atom stereocenters. The van der Waals surface area contributed by atoms with Crippen molar-refractivity contribution in [1.29, 1.82) is 0 Å². The molecular weight excluding hydrogens is 502 g/mol. The van der Waals surface area contributed by atoms with Gasteiger partial charge in [0.25, 0.3) is 0 Å². The van der Waals surface area contributed by atoms with Gasteiger partial charge in [0.15, 0.2) is 5.65 Å². The number of nitrogens with zero attached hydrogens (tertiary/aromatic N) is 6. The van der Waals surface area contributed by atoms with Crippen molar-refractivity contribution in [2.75, 3.05) is 31.1 Å². The van der Waals surface area contributed by atoms with E-state index in [-0.39, 0.29) is 0 Å². The van der Waals surface area contributed by atoms with Crippen molar-refractivity contribution in [3.63, 3.8) is 0 Å². The minimum atomic E-state index is 0.506. The zero-order chi connectivity index (χ0) is 22.9. The second kappa shape index (κ2) is 9.65. The van der Waals surface area contributed by atoms with Crippen LogP contribution in [0.2, 0.25) is 20.1 Å². The third-order valence-electron chi connectivity index (χ3n) is 5.83. The number of hydrogen-bond acceptors (Lipinski definition) is 5. The minimum Gasteiger partial charge on any atom is -0.353 e. The Morgan fingerprint density at radius 2 is 1.39 bits per heavy atom. The van der Waals surface area contributed by atoms with Crippen LogP contribution in [0.4, 0.5) is 5.82 Å². The van der Waals surface area contributed by atoms with E-state index in [1.165, 1.54) is 0 Å². The summed E-state index contributed by atoms with van der Waals surface area (Å²) in [7, 11) is 0. The van der Waals surface area contributed by atoms with Gasteiger partial charge in [-0.1, -0.05) is 58.5 Å². The molecule has 4 aromatic rings. The summed E-state index contributed by atoms with van der Waals surface area (Å²) in [4.78, 5) is 13.7. The Kier molecular flexibility index (Phi) is 6.63. The van der Waals surface area contributed by atoms with E-state index in [0.717, 1.165) is 60.7 Å². The standard InChI is InChI=1S/C23H20Cl4N6/c24-17-3-1-15(20(26)9-17)12-31-5-7-32(8-6-31)22-19-11-30-33(23(19)29-14-28-22)13-16-2-4-18(25)10-21(16)27/h1-4,9-11,14H,5-8,12-13H2. The molecule has 1 fully saturated rings. The lowest BCUT2D eigenvalue weighted by molar-refractivity contribution is 0.249. The lowest BCUT2D eigenvalue weighted by Gasteiger charge is -2.35. The van der Waals surface area contributed by atoms with E-state index in [1.807, 2.05) is 35.1 Å². The molecule has 0 atom stereocenters. The average Bonchev–Trinajstić information content (AvgIpc) is 3.21. The van der Waals surface area contributed by atoms with Gasteiger partial charge in [0, 0.05) is 52.8 Å². The van der Waals surface area contributed by atoms with E-state index in [9.17, 15) is 0 Å². The van der Waals surface area contributed by atoms with Crippen LogP contribution in [0.5, 0.6) is 0 Å². The Labute approximate surface area is 211 Å². The summed E-state index contributed by atoms with van der Waals surface area (Å²) in [5.74, 6) is 0.901. The average molecular weight is 522 g/mol. The Morgan fingerprint density at radius 3 is 2.03 bits per heavy atom. The maximum absolute atomic E-state index is 6.35. The van der Waals surface area contributed by atoms with Crippen molar-refractivity contribution in [3.8, 4) is 0 Å². The summed E-state index contributed by atoms with van der Waals surface area (Å²) >= 11 is 24.7. The third-order valence-corrected chi connectivity index (χ3v) is 7.00. The molecule has 0 amide bonds. The molecule has 2 aromatic heterocycles. The molecule has 6 nitrogen and oxygen atoms in total. The van der Waals surface area contributed by atoms with Crippen LogP contribution in [0.1, 0.15) is 11.1 Å². The number of aromatic nitrogens is 4. The van der Waals surface area contributed by atoms with Crippen molar-refractivity contribution in [2.24, 2.45) is 0 Å². The SMILES string of the molecule is Clc1ccc(CN2CCN(c3ncnc4c3cnn4Cc3ccc(Cl)cc3Cl)CC2)c(Cl)c1. The van der Waals surface area contributed by atoms with Crippen LogP contribution in [0.25, 0.3) is 11.0 Å². The van der Waals surface area contributed by atoms with Gasteiger partial charge in [-0.2, -0.15) is 5.10 Å². The highest BCUT2D eigenvalue weighted by Crippen LogP contribution is 2.27. The second-order valence-electron chi connectivity index (χ2n) is 7.97. The molecule has 0 bridgehead atoms. The van der Waals surface area contributed by atoms with E-state index in [2.05, 4.69) is 24.9 Å². The quantitative estimate of drug-likeness (QED) is 0.331. The molecule has 0 radical (unpaired) electrons. The van der Waals surface area contributed by atoms with Crippen molar-refractivity contribution in [2.45, 2.75) is 13.1 Å². The largest absolute Gasteiger partial charge is 0.353 e. The van der Waals surface area contributed by atoms with Crippen LogP contribution < -0.4 is 4.90 Å². The molecule has 0 saturated carbocycles. The summed E-state index contributed by atoms with van der Waals surface area (Å²) in [6, 6.07) is 11.1. The molecule has 0 spiro atoms. The normalized spacial score (nSPS) is 14.8. The number of rotatable bonds is 5. The van der Waals surface area contributed by atoms with Crippen molar-refractivity contribution in [1.82, 2.24) is 24.6 Å². The molecule has 170 valence electrons. The summed E-state index contributed by atoms with van der Waals surface area (Å²) < 4.78 is 1.84. The monoisotopic (exact) mass is 520 g/mol. The van der Waals surface area contributed by atoms with Gasteiger partial charge in [-0.15, -0.1) is 0 Å². The predicted octanol–water partition coefficient (Wildman–Crippen LogP) is 5.81. The first-order valence-electron chi connectivity index (χ1n) is 10.5. The fourth-order valence-corrected chi connectivity index (χ4v) is 5.00. The van der Waals surface area contributed by atoms with Crippen molar-refractivity contribution >= 4 is 63.3 Å². The van der Waals surface area contributed by atoms with E-state index in [1.54, 1.807) is 18.5 Å². The number of halogens is 4. The Bertz CT molecular complexity index is 1300. The van der Waals surface area contributed by atoms with Gasteiger partial charge in [0.05, 0.1) is 18.1 Å². The zero-order valence-corrected chi connectivity index (χ0v) is 20.6. The molecule has 2 aromatic carbocycles. The van der Waals surface area contributed by atoms with Crippen molar-refractivity contribution in [3.05, 3.63) is 80.1 Å². The van der Waals surface area contributed by atoms with Crippen LogP contribution in [0.3, 0.4) is 0 Å². The van der Waals surface area contributed by atoms with Crippen molar-refractivity contribution < 1.29 is 0 Å². The number of anilines is 1. The number of hydrogen-bond donors (Lipinski definition) is 0. The highest BCUT2D eigenvalue weighted by atomic mass is 35.5. The summed E-state index contributed by atoms with van der Waals surface area (Å²) in [6.45, 7) is 4.81. The fourth-order valence-electron chi connectivity index (χ4n) is 4.07. The summed E-state index contributed by atoms with van der Waals surface area (Å²) in [5, 5.41) is 8.06. The van der Waals surface area contributed by atoms with Gasteiger partial charge in [0.2, 0.25) is 0 Å². The first kappa shape index (κ1) is 22.7. The molecule has 0 aliphatic carbocycles. The zero-order valence-electron chi connectivity index (χ0n) is 17.6. The number of piperazine rings is 1. The van der Waals surface area contributed by atoms with Gasteiger partial charge in [-0.05, 0) is 35.4 Å². The highest BCUT2D eigenvalue weighted by molar-refractivity contribution is 6.35. The molecule has 5 rings (SSSR count). The summed E-state index contributed by atoms with van der Waals surface area (Å²) in [6.07, 6.45) is 3.42. The van der Waals surface area contributed by atoms with Gasteiger partial charge >= 0.3 is 0 Å². The van der Waals surface area contributed by atoms with E-state index < -0.39 is 0 Å². The van der Waals surface area contributed by atoms with Crippen LogP contribution in [-0.2, 0) is 13.1 Å². The van der Waals surface area contributed by atoms with Gasteiger partial charge < -0.3 is 4.90 Å². The number of benzene rings is 2. The molecule has 33 heavy (non-hydrogen) atoms.